The van der Waals surface area contributed by atoms with Crippen molar-refractivity contribution in [2.45, 2.75) is 20.3 Å². The number of hydrogen-bond donors (Lipinski definition) is 2. The molecule has 2 N–H and O–H groups in total. The molecule has 3 rings (SSSR count). The average molecular weight is 377 g/mol. The summed E-state index contributed by atoms with van der Waals surface area (Å²) in [6.45, 7) is 3.77. The van der Waals surface area contributed by atoms with Crippen molar-refractivity contribution in [3.63, 3.8) is 0 Å². The zero-order valence-electron chi connectivity index (χ0n) is 13.9. The molecule has 0 radical (unpaired) electrons. The fourth-order valence-corrected chi connectivity index (χ4v) is 3.08. The number of amides is 2. The number of carbonyl (C=O) groups is 2. The van der Waals surface area contributed by atoms with E-state index in [1.54, 1.807) is 30.3 Å². The predicted octanol–water partition coefficient (Wildman–Crippen LogP) is 4.82. The van der Waals surface area contributed by atoms with Crippen molar-refractivity contribution in [2.24, 2.45) is 11.8 Å². The van der Waals surface area contributed by atoms with Crippen molar-refractivity contribution in [3.05, 3.63) is 57.6 Å². The normalized spacial score (nSPS) is 18.6. The number of nitrogens with one attached hydrogen (secondary N) is 2. The molecule has 2 aromatic rings. The summed E-state index contributed by atoms with van der Waals surface area (Å²) in [6.07, 6.45) is 0.546. The Morgan fingerprint density at radius 1 is 0.920 bits per heavy atom. The molecule has 1 saturated carbocycles. The Bertz CT molecular complexity index is 851. The van der Waals surface area contributed by atoms with E-state index >= 15 is 0 Å². The summed E-state index contributed by atoms with van der Waals surface area (Å²) in [5.41, 5.74) is 3.18. The van der Waals surface area contributed by atoms with Crippen LogP contribution in [0.25, 0.3) is 0 Å². The summed E-state index contributed by atoms with van der Waals surface area (Å²) in [7, 11) is 0. The second kappa shape index (κ2) is 7.06. The van der Waals surface area contributed by atoms with E-state index < -0.39 is 0 Å². The Hall–Kier alpha value is -2.04. The maximum absolute atomic E-state index is 12.3. The lowest BCUT2D eigenvalue weighted by Gasteiger charge is -2.09. The zero-order valence-corrected chi connectivity index (χ0v) is 15.4. The topological polar surface area (TPSA) is 58.2 Å². The molecular weight excluding hydrogens is 359 g/mol. The van der Waals surface area contributed by atoms with E-state index in [9.17, 15) is 9.59 Å². The molecular formula is C19H18Cl2N2O2. The van der Waals surface area contributed by atoms with E-state index in [-0.39, 0.29) is 23.7 Å². The SMILES string of the molecule is Cc1ccc(NC(=O)C2CC2C(=O)Nc2ccc(Cl)cc2C)cc1Cl. The number of carbonyl (C=O) groups excluding carboxylic acids is 2. The van der Waals surface area contributed by atoms with E-state index in [0.29, 0.717) is 27.8 Å². The van der Waals surface area contributed by atoms with E-state index in [4.69, 9.17) is 23.2 Å². The van der Waals surface area contributed by atoms with Gasteiger partial charge in [0.2, 0.25) is 11.8 Å². The van der Waals surface area contributed by atoms with Crippen LogP contribution in [-0.2, 0) is 9.59 Å². The van der Waals surface area contributed by atoms with Gasteiger partial charge in [0.15, 0.2) is 0 Å². The molecule has 0 saturated heterocycles. The van der Waals surface area contributed by atoms with Gasteiger partial charge in [-0.2, -0.15) is 0 Å². The predicted molar refractivity (Wildman–Crippen MR) is 101 cm³/mol. The van der Waals surface area contributed by atoms with Crippen LogP contribution in [0.15, 0.2) is 36.4 Å². The van der Waals surface area contributed by atoms with Crippen LogP contribution in [0.5, 0.6) is 0 Å². The van der Waals surface area contributed by atoms with Gasteiger partial charge in [-0.25, -0.2) is 0 Å². The molecule has 6 heteroatoms. The van der Waals surface area contributed by atoms with Gasteiger partial charge >= 0.3 is 0 Å². The maximum atomic E-state index is 12.3. The highest BCUT2D eigenvalue weighted by Crippen LogP contribution is 2.40. The monoisotopic (exact) mass is 376 g/mol. The minimum atomic E-state index is -0.312. The molecule has 0 aromatic heterocycles. The summed E-state index contributed by atoms with van der Waals surface area (Å²) >= 11 is 12.0. The fourth-order valence-electron chi connectivity index (χ4n) is 2.67. The lowest BCUT2D eigenvalue weighted by atomic mass is 10.2. The van der Waals surface area contributed by atoms with Gasteiger partial charge < -0.3 is 10.6 Å². The first kappa shape index (κ1) is 17.8. The van der Waals surface area contributed by atoms with Gasteiger partial charge in [-0.3, -0.25) is 9.59 Å². The largest absolute Gasteiger partial charge is 0.326 e. The first-order chi connectivity index (χ1) is 11.8. The Morgan fingerprint density at radius 2 is 1.60 bits per heavy atom. The highest BCUT2D eigenvalue weighted by Gasteiger charge is 2.48. The highest BCUT2D eigenvalue weighted by molar-refractivity contribution is 6.31. The molecule has 1 aliphatic carbocycles. The molecule has 25 heavy (non-hydrogen) atoms. The van der Waals surface area contributed by atoms with Crippen LogP contribution in [0, 0.1) is 25.7 Å². The van der Waals surface area contributed by atoms with Crippen LogP contribution in [0.3, 0.4) is 0 Å². The molecule has 2 amide bonds. The Kier molecular flexibility index (Phi) is 5.02. The van der Waals surface area contributed by atoms with Crippen molar-refractivity contribution in [2.75, 3.05) is 10.6 Å². The lowest BCUT2D eigenvalue weighted by Crippen LogP contribution is -2.20. The maximum Gasteiger partial charge on any atom is 0.228 e. The summed E-state index contributed by atoms with van der Waals surface area (Å²) in [5, 5.41) is 6.90. The van der Waals surface area contributed by atoms with Crippen molar-refractivity contribution >= 4 is 46.4 Å². The van der Waals surface area contributed by atoms with Gasteiger partial charge in [0.1, 0.15) is 0 Å². The third-order valence-corrected chi connectivity index (χ3v) is 4.99. The summed E-state index contributed by atoms with van der Waals surface area (Å²) in [4.78, 5) is 24.6. The van der Waals surface area contributed by atoms with Crippen LogP contribution in [0.4, 0.5) is 11.4 Å². The van der Waals surface area contributed by atoms with E-state index in [0.717, 1.165) is 11.1 Å². The molecule has 1 aliphatic rings. The van der Waals surface area contributed by atoms with Gasteiger partial charge in [0, 0.05) is 21.4 Å². The Morgan fingerprint density at radius 3 is 2.24 bits per heavy atom. The first-order valence-electron chi connectivity index (χ1n) is 7.99. The van der Waals surface area contributed by atoms with Crippen molar-refractivity contribution in [3.8, 4) is 0 Å². The van der Waals surface area contributed by atoms with E-state index in [2.05, 4.69) is 10.6 Å². The average Bonchev–Trinajstić information content (AvgIpc) is 3.34. The summed E-state index contributed by atoms with van der Waals surface area (Å²) in [6, 6.07) is 10.6. The standard InChI is InChI=1S/C19H18Cl2N2O2/c1-10-3-5-13(8-16(10)21)22-18(24)14-9-15(14)19(25)23-17-6-4-12(20)7-11(17)2/h3-8,14-15H,9H2,1-2H3,(H,22,24)(H,23,25). The highest BCUT2D eigenvalue weighted by atomic mass is 35.5. The molecule has 0 spiro atoms. The van der Waals surface area contributed by atoms with Gasteiger partial charge in [-0.15, -0.1) is 0 Å². The van der Waals surface area contributed by atoms with Crippen molar-refractivity contribution < 1.29 is 9.59 Å². The van der Waals surface area contributed by atoms with Gasteiger partial charge in [-0.05, 0) is 61.7 Å². The van der Waals surface area contributed by atoms with Crippen molar-refractivity contribution in [1.82, 2.24) is 0 Å². The molecule has 0 bridgehead atoms. The van der Waals surface area contributed by atoms with Gasteiger partial charge in [-0.1, -0.05) is 29.3 Å². The van der Waals surface area contributed by atoms with Crippen LogP contribution >= 0.6 is 23.2 Å². The van der Waals surface area contributed by atoms with Crippen molar-refractivity contribution in [1.29, 1.82) is 0 Å². The van der Waals surface area contributed by atoms with Crippen LogP contribution in [-0.4, -0.2) is 11.8 Å². The molecule has 2 atom stereocenters. The van der Waals surface area contributed by atoms with E-state index in [1.807, 2.05) is 19.9 Å². The Balaban J connectivity index is 1.58. The summed E-state index contributed by atoms with van der Waals surface area (Å²) < 4.78 is 0. The minimum Gasteiger partial charge on any atom is -0.326 e. The fraction of sp³-hybridized carbons (Fsp3) is 0.263. The Labute approximate surface area is 156 Å². The number of anilines is 2. The molecule has 1 fully saturated rings. The second-order valence-corrected chi connectivity index (χ2v) is 7.19. The van der Waals surface area contributed by atoms with E-state index in [1.165, 1.54) is 0 Å². The lowest BCUT2D eigenvalue weighted by molar-refractivity contribution is -0.122. The summed E-state index contributed by atoms with van der Waals surface area (Å²) in [5.74, 6) is -0.927. The zero-order chi connectivity index (χ0) is 18.1. The molecule has 2 aromatic carbocycles. The van der Waals surface area contributed by atoms with Crippen LogP contribution in [0.1, 0.15) is 17.5 Å². The van der Waals surface area contributed by atoms with Crippen LogP contribution < -0.4 is 10.6 Å². The molecule has 4 nitrogen and oxygen atoms in total. The number of hydrogen-bond acceptors (Lipinski definition) is 2. The molecule has 0 heterocycles. The quantitative estimate of drug-likeness (QED) is 0.802. The number of aryl methyl sites for hydroxylation is 2. The van der Waals surface area contributed by atoms with Gasteiger partial charge in [0.25, 0.3) is 0 Å². The molecule has 0 aliphatic heterocycles. The second-order valence-electron chi connectivity index (χ2n) is 6.35. The van der Waals surface area contributed by atoms with Gasteiger partial charge in [0.05, 0.1) is 11.8 Å². The number of halogens is 2. The molecule has 130 valence electrons. The number of rotatable bonds is 4. The first-order valence-corrected chi connectivity index (χ1v) is 8.75. The number of benzene rings is 2. The third-order valence-electron chi connectivity index (χ3n) is 4.35. The van der Waals surface area contributed by atoms with Crippen LogP contribution in [0.2, 0.25) is 10.0 Å². The molecule has 2 unspecified atom stereocenters. The third kappa shape index (κ3) is 4.14. The minimum absolute atomic E-state index is 0.146. The smallest absolute Gasteiger partial charge is 0.228 e.